The van der Waals surface area contributed by atoms with Crippen molar-refractivity contribution in [2.24, 2.45) is 0 Å². The van der Waals surface area contributed by atoms with Crippen molar-refractivity contribution in [2.75, 3.05) is 30.8 Å². The van der Waals surface area contributed by atoms with Gasteiger partial charge in [0, 0.05) is 37.1 Å². The molecule has 0 amide bonds. The molecule has 98 valence electrons. The predicted molar refractivity (Wildman–Crippen MR) is 73.1 cm³/mol. The van der Waals surface area contributed by atoms with E-state index in [1.807, 2.05) is 18.2 Å². The van der Waals surface area contributed by atoms with Crippen molar-refractivity contribution >= 4 is 17.2 Å². The zero-order valence-electron chi connectivity index (χ0n) is 11.0. The largest absolute Gasteiger partial charge is 0.398 e. The van der Waals surface area contributed by atoms with Crippen LogP contribution in [-0.4, -0.2) is 32.1 Å². The number of Topliss-reactive ketones (excluding diaryl/α,β-unsaturated/α-hetero) is 1. The van der Waals surface area contributed by atoms with Gasteiger partial charge in [-0.3, -0.25) is 4.79 Å². The molecule has 1 saturated heterocycles. The number of piperidine rings is 1. The summed E-state index contributed by atoms with van der Waals surface area (Å²) in [6.45, 7) is 3.42. The molecule has 1 fully saturated rings. The standard InChI is InChI=1S/C14H20N2O2/c1-10(17)13-8-11(5-6-14(13)15)16-7-3-4-12(9-16)18-2/h5-6,8,12H,3-4,7,9,15H2,1-2H3/t12-/m1/s1. The lowest BCUT2D eigenvalue weighted by atomic mass is 10.0. The third kappa shape index (κ3) is 2.64. The van der Waals surface area contributed by atoms with Crippen LogP contribution in [-0.2, 0) is 4.74 Å². The number of methoxy groups -OCH3 is 1. The van der Waals surface area contributed by atoms with Gasteiger partial charge in [-0.05, 0) is 38.0 Å². The maximum atomic E-state index is 11.5. The molecule has 0 aliphatic carbocycles. The molecule has 0 unspecified atom stereocenters. The first kappa shape index (κ1) is 12.9. The minimum atomic E-state index is 0.00894. The first-order valence-corrected chi connectivity index (χ1v) is 6.30. The van der Waals surface area contributed by atoms with E-state index >= 15 is 0 Å². The second kappa shape index (κ2) is 5.40. The van der Waals surface area contributed by atoms with Gasteiger partial charge in [-0.15, -0.1) is 0 Å². The molecule has 1 atom stereocenters. The third-order valence-corrected chi connectivity index (χ3v) is 3.49. The molecule has 0 aromatic heterocycles. The minimum Gasteiger partial charge on any atom is -0.398 e. The fourth-order valence-corrected chi connectivity index (χ4v) is 2.41. The molecular formula is C14H20N2O2. The highest BCUT2D eigenvalue weighted by molar-refractivity contribution is 6.00. The number of ketones is 1. The summed E-state index contributed by atoms with van der Waals surface area (Å²) in [7, 11) is 1.75. The van der Waals surface area contributed by atoms with Crippen molar-refractivity contribution in [3.8, 4) is 0 Å². The first-order valence-electron chi connectivity index (χ1n) is 6.30. The van der Waals surface area contributed by atoms with Gasteiger partial charge in [-0.2, -0.15) is 0 Å². The number of carbonyl (C=O) groups is 1. The Labute approximate surface area is 108 Å². The normalized spacial score (nSPS) is 19.9. The molecule has 2 N–H and O–H groups in total. The summed E-state index contributed by atoms with van der Waals surface area (Å²) in [5, 5.41) is 0. The quantitative estimate of drug-likeness (QED) is 0.657. The van der Waals surface area contributed by atoms with Crippen LogP contribution >= 0.6 is 0 Å². The molecule has 1 aliphatic heterocycles. The van der Waals surface area contributed by atoms with E-state index in [-0.39, 0.29) is 11.9 Å². The van der Waals surface area contributed by atoms with E-state index in [0.29, 0.717) is 11.3 Å². The number of rotatable bonds is 3. The van der Waals surface area contributed by atoms with Crippen LogP contribution in [0.3, 0.4) is 0 Å². The Kier molecular flexibility index (Phi) is 3.87. The van der Waals surface area contributed by atoms with E-state index in [1.54, 1.807) is 14.0 Å². The lowest BCUT2D eigenvalue weighted by Gasteiger charge is -2.33. The summed E-state index contributed by atoms with van der Waals surface area (Å²) in [6.07, 6.45) is 2.48. The molecule has 0 saturated carbocycles. The van der Waals surface area contributed by atoms with Crippen LogP contribution in [0, 0.1) is 0 Å². The molecule has 0 spiro atoms. The number of benzene rings is 1. The van der Waals surface area contributed by atoms with Gasteiger partial charge in [-0.25, -0.2) is 0 Å². The number of nitrogens with two attached hydrogens (primary N) is 1. The Hall–Kier alpha value is -1.55. The number of anilines is 2. The molecule has 4 nitrogen and oxygen atoms in total. The molecule has 1 aromatic rings. The molecular weight excluding hydrogens is 228 g/mol. The predicted octanol–water partition coefficient (Wildman–Crippen LogP) is 2.09. The first-order chi connectivity index (χ1) is 8.61. The summed E-state index contributed by atoms with van der Waals surface area (Å²) in [6, 6.07) is 5.66. The van der Waals surface area contributed by atoms with Gasteiger partial charge >= 0.3 is 0 Å². The minimum absolute atomic E-state index is 0.00894. The third-order valence-electron chi connectivity index (χ3n) is 3.49. The maximum Gasteiger partial charge on any atom is 0.161 e. The number of hydrogen-bond donors (Lipinski definition) is 1. The van der Waals surface area contributed by atoms with E-state index in [4.69, 9.17) is 10.5 Å². The van der Waals surface area contributed by atoms with E-state index in [2.05, 4.69) is 4.90 Å². The van der Waals surface area contributed by atoms with Gasteiger partial charge in [0.15, 0.2) is 5.78 Å². The molecule has 0 radical (unpaired) electrons. The zero-order valence-corrected chi connectivity index (χ0v) is 11.0. The molecule has 2 rings (SSSR count). The van der Waals surface area contributed by atoms with E-state index < -0.39 is 0 Å². The SMILES string of the molecule is CO[C@@H]1CCCN(c2ccc(N)c(C(C)=O)c2)C1. The fraction of sp³-hybridized carbons (Fsp3) is 0.500. The van der Waals surface area contributed by atoms with Crippen molar-refractivity contribution in [2.45, 2.75) is 25.9 Å². The van der Waals surface area contributed by atoms with E-state index in [0.717, 1.165) is 31.6 Å². The number of hydrogen-bond acceptors (Lipinski definition) is 4. The highest BCUT2D eigenvalue weighted by Crippen LogP contribution is 2.25. The molecule has 18 heavy (non-hydrogen) atoms. The van der Waals surface area contributed by atoms with Crippen LogP contribution in [0.2, 0.25) is 0 Å². The summed E-state index contributed by atoms with van der Waals surface area (Å²) >= 11 is 0. The molecule has 1 heterocycles. The summed E-state index contributed by atoms with van der Waals surface area (Å²) < 4.78 is 5.41. The van der Waals surface area contributed by atoms with Crippen LogP contribution in [0.1, 0.15) is 30.1 Å². The monoisotopic (exact) mass is 248 g/mol. The van der Waals surface area contributed by atoms with Crippen LogP contribution in [0.4, 0.5) is 11.4 Å². The maximum absolute atomic E-state index is 11.5. The van der Waals surface area contributed by atoms with Crippen LogP contribution in [0.15, 0.2) is 18.2 Å². The average Bonchev–Trinajstić information content (AvgIpc) is 2.39. The zero-order chi connectivity index (χ0) is 13.1. The van der Waals surface area contributed by atoms with Crippen molar-refractivity contribution in [1.82, 2.24) is 0 Å². The molecule has 4 heteroatoms. The van der Waals surface area contributed by atoms with Crippen molar-refractivity contribution in [3.63, 3.8) is 0 Å². The Balaban J connectivity index is 2.22. The van der Waals surface area contributed by atoms with E-state index in [9.17, 15) is 4.79 Å². The van der Waals surface area contributed by atoms with Gasteiger partial charge in [0.2, 0.25) is 0 Å². The number of nitrogens with zero attached hydrogens (tertiary/aromatic N) is 1. The molecule has 0 bridgehead atoms. The second-order valence-electron chi connectivity index (χ2n) is 4.77. The van der Waals surface area contributed by atoms with Gasteiger partial charge < -0.3 is 15.4 Å². The van der Waals surface area contributed by atoms with E-state index in [1.165, 1.54) is 0 Å². The summed E-state index contributed by atoms with van der Waals surface area (Å²) in [5.74, 6) is 0.00894. The molecule has 1 aromatic carbocycles. The highest BCUT2D eigenvalue weighted by atomic mass is 16.5. The lowest BCUT2D eigenvalue weighted by molar-refractivity contribution is 0.0893. The van der Waals surface area contributed by atoms with Crippen LogP contribution in [0.5, 0.6) is 0 Å². The van der Waals surface area contributed by atoms with Crippen molar-refractivity contribution < 1.29 is 9.53 Å². The van der Waals surface area contributed by atoms with Gasteiger partial charge in [0.1, 0.15) is 0 Å². The van der Waals surface area contributed by atoms with Gasteiger partial charge in [-0.1, -0.05) is 0 Å². The highest BCUT2D eigenvalue weighted by Gasteiger charge is 2.20. The summed E-state index contributed by atoms with van der Waals surface area (Å²) in [5.41, 5.74) is 8.01. The topological polar surface area (TPSA) is 55.6 Å². The smallest absolute Gasteiger partial charge is 0.161 e. The van der Waals surface area contributed by atoms with Crippen LogP contribution < -0.4 is 10.6 Å². The van der Waals surface area contributed by atoms with Gasteiger partial charge in [0.05, 0.1) is 6.10 Å². The van der Waals surface area contributed by atoms with Crippen molar-refractivity contribution in [3.05, 3.63) is 23.8 Å². The summed E-state index contributed by atoms with van der Waals surface area (Å²) in [4.78, 5) is 13.8. The van der Waals surface area contributed by atoms with Crippen LogP contribution in [0.25, 0.3) is 0 Å². The lowest BCUT2D eigenvalue weighted by Crippen LogP contribution is -2.39. The number of nitrogen functional groups attached to an aromatic ring is 1. The Morgan fingerprint density at radius 2 is 2.28 bits per heavy atom. The molecule has 1 aliphatic rings. The Bertz CT molecular complexity index is 445. The second-order valence-corrected chi connectivity index (χ2v) is 4.77. The van der Waals surface area contributed by atoms with Crippen molar-refractivity contribution in [1.29, 1.82) is 0 Å². The number of carbonyl (C=O) groups excluding carboxylic acids is 1. The Morgan fingerprint density at radius 3 is 2.94 bits per heavy atom. The Morgan fingerprint density at radius 1 is 1.50 bits per heavy atom. The number of ether oxygens (including phenoxy) is 1. The average molecular weight is 248 g/mol. The fourth-order valence-electron chi connectivity index (χ4n) is 2.41. The van der Waals surface area contributed by atoms with Gasteiger partial charge in [0.25, 0.3) is 0 Å².